The van der Waals surface area contributed by atoms with Gasteiger partial charge >= 0.3 is 0 Å². The number of halogens is 2. The fourth-order valence-electron chi connectivity index (χ4n) is 2.64. The number of rotatable bonds is 4. The SMILES string of the molecule is CCNC(c1cc(Br)c(C)cc1Br)C1CCC(C)O1. The number of nitrogens with one attached hydrogen (secondary N) is 1. The number of benzene rings is 1. The van der Waals surface area contributed by atoms with E-state index in [4.69, 9.17) is 4.74 Å². The molecule has 0 aromatic heterocycles. The summed E-state index contributed by atoms with van der Waals surface area (Å²) in [5.41, 5.74) is 2.52. The zero-order chi connectivity index (χ0) is 14.0. The van der Waals surface area contributed by atoms with Crippen molar-refractivity contribution in [3.05, 3.63) is 32.2 Å². The van der Waals surface area contributed by atoms with Gasteiger partial charge in [0.05, 0.1) is 18.2 Å². The molecule has 2 nitrogen and oxygen atoms in total. The third-order valence-corrected chi connectivity index (χ3v) is 5.21. The monoisotopic (exact) mass is 389 g/mol. The van der Waals surface area contributed by atoms with Crippen LogP contribution in [0.4, 0.5) is 0 Å². The van der Waals surface area contributed by atoms with E-state index in [-0.39, 0.29) is 12.1 Å². The van der Waals surface area contributed by atoms with Gasteiger partial charge in [-0.3, -0.25) is 0 Å². The molecule has 1 aliphatic rings. The quantitative estimate of drug-likeness (QED) is 0.801. The molecule has 1 fully saturated rings. The molecule has 1 heterocycles. The van der Waals surface area contributed by atoms with Gasteiger partial charge in [0.2, 0.25) is 0 Å². The Morgan fingerprint density at radius 2 is 2.05 bits per heavy atom. The zero-order valence-corrected chi connectivity index (χ0v) is 14.8. The molecule has 0 aliphatic carbocycles. The van der Waals surface area contributed by atoms with Crippen molar-refractivity contribution in [1.82, 2.24) is 5.32 Å². The number of ether oxygens (including phenoxy) is 1. The molecule has 0 saturated carbocycles. The van der Waals surface area contributed by atoms with E-state index in [1.165, 1.54) is 11.1 Å². The molecule has 0 amide bonds. The van der Waals surface area contributed by atoms with Crippen molar-refractivity contribution in [1.29, 1.82) is 0 Å². The first-order valence-corrected chi connectivity index (χ1v) is 8.46. The Labute approximate surface area is 132 Å². The van der Waals surface area contributed by atoms with Crippen LogP contribution in [-0.4, -0.2) is 18.8 Å². The predicted octanol–water partition coefficient (Wildman–Crippen LogP) is 4.74. The van der Waals surface area contributed by atoms with E-state index in [0.717, 1.165) is 28.3 Å². The van der Waals surface area contributed by atoms with Crippen molar-refractivity contribution in [3.63, 3.8) is 0 Å². The fraction of sp³-hybridized carbons (Fsp3) is 0.600. The Balaban J connectivity index is 2.30. The largest absolute Gasteiger partial charge is 0.373 e. The Morgan fingerprint density at radius 1 is 1.32 bits per heavy atom. The molecule has 1 N–H and O–H groups in total. The van der Waals surface area contributed by atoms with Gasteiger partial charge in [0, 0.05) is 8.95 Å². The Kier molecular flexibility index (Phi) is 5.46. The highest BCUT2D eigenvalue weighted by Crippen LogP contribution is 2.36. The molecular formula is C15H21Br2NO. The molecule has 0 radical (unpaired) electrons. The van der Waals surface area contributed by atoms with Gasteiger partial charge in [-0.25, -0.2) is 0 Å². The van der Waals surface area contributed by atoms with Gasteiger partial charge in [-0.15, -0.1) is 0 Å². The minimum absolute atomic E-state index is 0.251. The highest BCUT2D eigenvalue weighted by atomic mass is 79.9. The second kappa shape index (κ2) is 6.70. The molecular weight excluding hydrogens is 370 g/mol. The molecule has 19 heavy (non-hydrogen) atoms. The predicted molar refractivity (Wildman–Crippen MR) is 86.6 cm³/mol. The molecule has 1 aliphatic heterocycles. The van der Waals surface area contributed by atoms with Crippen LogP contribution in [-0.2, 0) is 4.74 Å². The van der Waals surface area contributed by atoms with E-state index in [0.29, 0.717) is 6.10 Å². The summed E-state index contributed by atoms with van der Waals surface area (Å²) >= 11 is 7.33. The minimum atomic E-state index is 0.251. The van der Waals surface area contributed by atoms with Crippen LogP contribution in [0.15, 0.2) is 21.1 Å². The molecule has 3 unspecified atom stereocenters. The van der Waals surface area contributed by atoms with E-state index < -0.39 is 0 Å². The third kappa shape index (κ3) is 3.60. The maximum atomic E-state index is 6.06. The molecule has 2 rings (SSSR count). The van der Waals surface area contributed by atoms with Crippen LogP contribution in [0.3, 0.4) is 0 Å². The van der Waals surface area contributed by atoms with Gasteiger partial charge in [-0.1, -0.05) is 38.8 Å². The van der Waals surface area contributed by atoms with E-state index in [1.54, 1.807) is 0 Å². The maximum absolute atomic E-state index is 6.06. The first kappa shape index (κ1) is 15.5. The summed E-state index contributed by atoms with van der Waals surface area (Å²) in [6.45, 7) is 7.34. The summed E-state index contributed by atoms with van der Waals surface area (Å²) in [5.74, 6) is 0. The summed E-state index contributed by atoms with van der Waals surface area (Å²) in [4.78, 5) is 0. The van der Waals surface area contributed by atoms with Crippen LogP contribution in [0.1, 0.15) is 43.9 Å². The Hall–Kier alpha value is 0.1000. The second-order valence-electron chi connectivity index (χ2n) is 5.22. The summed E-state index contributed by atoms with van der Waals surface area (Å²) < 4.78 is 8.36. The van der Waals surface area contributed by atoms with Crippen molar-refractivity contribution in [2.45, 2.75) is 51.9 Å². The average Bonchev–Trinajstić information content (AvgIpc) is 2.78. The van der Waals surface area contributed by atoms with Gasteiger partial charge in [0.25, 0.3) is 0 Å². The lowest BCUT2D eigenvalue weighted by Gasteiger charge is -2.26. The molecule has 1 aromatic carbocycles. The summed E-state index contributed by atoms with van der Waals surface area (Å²) in [7, 11) is 0. The van der Waals surface area contributed by atoms with E-state index in [9.17, 15) is 0 Å². The van der Waals surface area contributed by atoms with Gasteiger partial charge in [0.1, 0.15) is 0 Å². The van der Waals surface area contributed by atoms with Crippen molar-refractivity contribution < 1.29 is 4.74 Å². The fourth-order valence-corrected chi connectivity index (χ4v) is 3.71. The summed E-state index contributed by atoms with van der Waals surface area (Å²) in [6, 6.07) is 4.63. The smallest absolute Gasteiger partial charge is 0.0774 e. The van der Waals surface area contributed by atoms with Crippen LogP contribution in [0.5, 0.6) is 0 Å². The van der Waals surface area contributed by atoms with Crippen molar-refractivity contribution >= 4 is 31.9 Å². The zero-order valence-electron chi connectivity index (χ0n) is 11.7. The first-order chi connectivity index (χ1) is 9.02. The molecule has 0 spiro atoms. The summed E-state index contributed by atoms with van der Waals surface area (Å²) in [5, 5.41) is 3.57. The highest BCUT2D eigenvalue weighted by molar-refractivity contribution is 9.11. The highest BCUT2D eigenvalue weighted by Gasteiger charge is 2.31. The van der Waals surface area contributed by atoms with Crippen molar-refractivity contribution in [3.8, 4) is 0 Å². The minimum Gasteiger partial charge on any atom is -0.373 e. The first-order valence-electron chi connectivity index (χ1n) is 6.87. The van der Waals surface area contributed by atoms with Crippen molar-refractivity contribution in [2.24, 2.45) is 0 Å². The lowest BCUT2D eigenvalue weighted by molar-refractivity contribution is 0.0318. The Morgan fingerprint density at radius 3 is 2.63 bits per heavy atom. The molecule has 3 atom stereocenters. The van der Waals surface area contributed by atoms with Crippen LogP contribution >= 0.6 is 31.9 Å². The normalized spacial score (nSPS) is 24.7. The molecule has 1 aromatic rings. The van der Waals surface area contributed by atoms with E-state index in [2.05, 4.69) is 70.1 Å². The van der Waals surface area contributed by atoms with Gasteiger partial charge in [-0.2, -0.15) is 0 Å². The third-order valence-electron chi connectivity index (χ3n) is 3.67. The van der Waals surface area contributed by atoms with Gasteiger partial charge in [0.15, 0.2) is 0 Å². The molecule has 4 heteroatoms. The lowest BCUT2D eigenvalue weighted by Crippen LogP contribution is -2.32. The van der Waals surface area contributed by atoms with Crippen LogP contribution in [0, 0.1) is 6.92 Å². The lowest BCUT2D eigenvalue weighted by atomic mass is 9.98. The van der Waals surface area contributed by atoms with Crippen molar-refractivity contribution in [2.75, 3.05) is 6.54 Å². The molecule has 0 bridgehead atoms. The number of likely N-dealkylation sites (N-methyl/N-ethyl adjacent to an activating group) is 1. The van der Waals surface area contributed by atoms with Gasteiger partial charge in [-0.05, 0) is 56.5 Å². The maximum Gasteiger partial charge on any atom is 0.0774 e. The number of hydrogen-bond acceptors (Lipinski definition) is 2. The topological polar surface area (TPSA) is 21.3 Å². The number of aryl methyl sites for hydroxylation is 1. The van der Waals surface area contributed by atoms with Crippen LogP contribution < -0.4 is 5.32 Å². The summed E-state index contributed by atoms with van der Waals surface area (Å²) in [6.07, 6.45) is 2.91. The standard InChI is InChI=1S/C15H21Br2NO/c1-4-18-15(14-6-5-10(3)19-14)11-8-12(16)9(2)7-13(11)17/h7-8,10,14-15,18H,4-6H2,1-3H3. The van der Waals surface area contributed by atoms with Crippen LogP contribution in [0.25, 0.3) is 0 Å². The number of hydrogen-bond donors (Lipinski definition) is 1. The average molecular weight is 391 g/mol. The van der Waals surface area contributed by atoms with E-state index >= 15 is 0 Å². The second-order valence-corrected chi connectivity index (χ2v) is 6.93. The Bertz CT molecular complexity index is 450. The molecule has 1 saturated heterocycles. The van der Waals surface area contributed by atoms with Gasteiger partial charge < -0.3 is 10.1 Å². The molecule has 106 valence electrons. The van der Waals surface area contributed by atoms with E-state index in [1.807, 2.05) is 0 Å². The van der Waals surface area contributed by atoms with Crippen LogP contribution in [0.2, 0.25) is 0 Å².